The van der Waals surface area contributed by atoms with Gasteiger partial charge < -0.3 is 24.8 Å². The second-order valence-corrected chi connectivity index (χ2v) is 7.51. The minimum atomic E-state index is -0.324. The maximum absolute atomic E-state index is 12.0. The molecule has 2 heterocycles. The second-order valence-electron chi connectivity index (χ2n) is 6.48. The number of esters is 1. The molecule has 1 atom stereocenters. The molecule has 1 aromatic rings. The van der Waals surface area contributed by atoms with Crippen molar-refractivity contribution < 1.29 is 19.0 Å². The Labute approximate surface area is 187 Å². The maximum Gasteiger partial charge on any atom is 0.350 e. The van der Waals surface area contributed by atoms with Crippen LogP contribution in [0.15, 0.2) is 4.99 Å². The molecule has 1 aromatic heterocycles. The molecule has 0 aliphatic carbocycles. The van der Waals surface area contributed by atoms with Crippen molar-refractivity contribution >= 4 is 47.2 Å². The summed E-state index contributed by atoms with van der Waals surface area (Å²) in [5.41, 5.74) is 0.444. The fourth-order valence-electron chi connectivity index (χ4n) is 2.89. The molecule has 28 heavy (non-hydrogen) atoms. The van der Waals surface area contributed by atoms with E-state index in [-0.39, 0.29) is 41.6 Å². The van der Waals surface area contributed by atoms with Crippen LogP contribution >= 0.6 is 35.3 Å². The van der Waals surface area contributed by atoms with Crippen LogP contribution in [0.2, 0.25) is 0 Å². The summed E-state index contributed by atoms with van der Waals surface area (Å²) in [6.07, 6.45) is 1.69. The summed E-state index contributed by atoms with van der Waals surface area (Å²) < 4.78 is 16.3. The first-order chi connectivity index (χ1) is 12.9. The molecule has 0 bridgehead atoms. The summed E-state index contributed by atoms with van der Waals surface area (Å²) in [5.74, 6) is 0.339. The average molecular weight is 526 g/mol. The van der Waals surface area contributed by atoms with Gasteiger partial charge in [-0.3, -0.25) is 4.99 Å². The number of nitrogens with one attached hydrogen (secondary N) is 2. The van der Waals surface area contributed by atoms with Crippen molar-refractivity contribution in [3.63, 3.8) is 0 Å². The van der Waals surface area contributed by atoms with E-state index in [2.05, 4.69) is 20.6 Å². The second kappa shape index (κ2) is 11.9. The van der Waals surface area contributed by atoms with Crippen molar-refractivity contribution in [1.29, 1.82) is 0 Å². The van der Waals surface area contributed by atoms with Crippen molar-refractivity contribution in [2.24, 2.45) is 4.99 Å². The quantitative estimate of drug-likeness (QED) is 0.244. The maximum atomic E-state index is 12.0. The first kappa shape index (κ1) is 25.1. The van der Waals surface area contributed by atoms with Gasteiger partial charge in [0, 0.05) is 46.8 Å². The molecule has 1 aliphatic heterocycles. The normalized spacial score (nSPS) is 17.4. The van der Waals surface area contributed by atoms with Crippen LogP contribution in [0.3, 0.4) is 0 Å². The molecule has 0 radical (unpaired) electrons. The van der Waals surface area contributed by atoms with Gasteiger partial charge in [0.15, 0.2) is 5.96 Å². The van der Waals surface area contributed by atoms with Crippen molar-refractivity contribution in [2.45, 2.75) is 45.3 Å². The van der Waals surface area contributed by atoms with Gasteiger partial charge >= 0.3 is 5.97 Å². The predicted molar refractivity (Wildman–Crippen MR) is 121 cm³/mol. The third-order valence-electron chi connectivity index (χ3n) is 4.64. The molecule has 2 N–H and O–H groups in total. The molecule has 0 spiro atoms. The van der Waals surface area contributed by atoms with Gasteiger partial charge in [-0.15, -0.1) is 35.3 Å². The van der Waals surface area contributed by atoms with Crippen molar-refractivity contribution in [2.75, 3.05) is 40.5 Å². The molecule has 0 aromatic carbocycles. The van der Waals surface area contributed by atoms with Crippen molar-refractivity contribution in [3.8, 4) is 0 Å². The lowest BCUT2D eigenvalue weighted by atomic mass is 9.94. The Morgan fingerprint density at radius 1 is 1.43 bits per heavy atom. The van der Waals surface area contributed by atoms with Crippen LogP contribution in [0.25, 0.3) is 0 Å². The summed E-state index contributed by atoms with van der Waals surface area (Å²) in [5, 5.41) is 7.47. The summed E-state index contributed by atoms with van der Waals surface area (Å²) in [7, 11) is 3.46. The molecular formula is C18H31IN4O4S. The number of aromatic nitrogens is 1. The number of guanidine groups is 1. The number of nitrogens with zero attached hydrogens (tertiary/aromatic N) is 2. The zero-order valence-corrected chi connectivity index (χ0v) is 20.3. The van der Waals surface area contributed by atoms with Gasteiger partial charge in [0.1, 0.15) is 9.88 Å². The van der Waals surface area contributed by atoms with Crippen LogP contribution in [-0.2, 0) is 14.2 Å². The lowest BCUT2D eigenvalue weighted by Crippen LogP contribution is -2.51. The van der Waals surface area contributed by atoms with Gasteiger partial charge in [-0.1, -0.05) is 0 Å². The van der Waals surface area contributed by atoms with E-state index in [4.69, 9.17) is 14.2 Å². The average Bonchev–Trinajstić information content (AvgIpc) is 3.08. The van der Waals surface area contributed by atoms with Crippen LogP contribution in [0, 0.1) is 6.92 Å². The highest BCUT2D eigenvalue weighted by molar-refractivity contribution is 14.0. The zero-order chi connectivity index (χ0) is 19.9. The smallest absolute Gasteiger partial charge is 0.350 e. The van der Waals surface area contributed by atoms with Gasteiger partial charge in [-0.25, -0.2) is 9.78 Å². The van der Waals surface area contributed by atoms with Gasteiger partial charge in [0.05, 0.1) is 23.9 Å². The topological polar surface area (TPSA) is 94.1 Å². The van der Waals surface area contributed by atoms with Crippen LogP contribution in [0.5, 0.6) is 0 Å². The Bertz CT molecular complexity index is 662. The number of carbonyl (C=O) groups is 1. The number of hydrogen-bond donors (Lipinski definition) is 2. The number of carbonyl (C=O) groups excluding carboxylic acids is 1. The summed E-state index contributed by atoms with van der Waals surface area (Å²) in [6.45, 7) is 7.99. The fourth-order valence-corrected chi connectivity index (χ4v) is 3.85. The summed E-state index contributed by atoms with van der Waals surface area (Å²) in [4.78, 5) is 21.3. The molecule has 2 rings (SSSR count). The first-order valence-corrected chi connectivity index (χ1v) is 10.0. The van der Waals surface area contributed by atoms with Crippen LogP contribution < -0.4 is 10.6 Å². The van der Waals surface area contributed by atoms with Gasteiger partial charge in [0.2, 0.25) is 0 Å². The number of thiazole rings is 1. The van der Waals surface area contributed by atoms with E-state index in [1.165, 1.54) is 11.3 Å². The summed E-state index contributed by atoms with van der Waals surface area (Å²) >= 11 is 1.35. The minimum absolute atomic E-state index is 0. The largest absolute Gasteiger partial charge is 0.462 e. The number of aliphatic imine (C=N–C) groups is 1. The molecule has 8 nitrogen and oxygen atoms in total. The van der Waals surface area contributed by atoms with Crippen LogP contribution in [0.1, 0.15) is 53.1 Å². The number of rotatable bonds is 7. The number of aryl methyl sites for hydroxylation is 1. The van der Waals surface area contributed by atoms with Gasteiger partial charge in [0.25, 0.3) is 0 Å². The van der Waals surface area contributed by atoms with Gasteiger partial charge in [-0.05, 0) is 20.8 Å². The SMILES string of the molecule is CCOC(=O)c1sc(C(C)NC(=NC)NCC2(OC)CCOCC2)nc1C.I. The minimum Gasteiger partial charge on any atom is -0.462 e. The third kappa shape index (κ3) is 6.53. The molecule has 0 amide bonds. The van der Waals surface area contributed by atoms with Crippen molar-refractivity contribution in [3.05, 3.63) is 15.6 Å². The van der Waals surface area contributed by atoms with Gasteiger partial charge in [-0.2, -0.15) is 0 Å². The summed E-state index contributed by atoms with van der Waals surface area (Å²) in [6, 6.07) is -0.101. The van der Waals surface area contributed by atoms with Crippen LogP contribution in [0.4, 0.5) is 0 Å². The number of ether oxygens (including phenoxy) is 3. The predicted octanol–water partition coefficient (Wildman–Crippen LogP) is 2.67. The number of methoxy groups -OCH3 is 1. The number of halogens is 1. The highest BCUT2D eigenvalue weighted by Crippen LogP contribution is 2.25. The van der Waals surface area contributed by atoms with E-state index < -0.39 is 0 Å². The fraction of sp³-hybridized carbons (Fsp3) is 0.722. The molecule has 160 valence electrons. The Morgan fingerprint density at radius 2 is 2.11 bits per heavy atom. The van der Waals surface area contributed by atoms with Crippen molar-refractivity contribution in [1.82, 2.24) is 15.6 Å². The molecule has 10 heteroatoms. The van der Waals surface area contributed by atoms with E-state index in [1.807, 2.05) is 13.8 Å². The Morgan fingerprint density at radius 3 is 2.68 bits per heavy atom. The standard InChI is InChI=1S/C18H30N4O4S.HI/c1-6-26-16(23)14-12(2)21-15(27-14)13(3)22-17(19-4)20-11-18(24-5)7-9-25-10-8-18;/h13H,6-11H2,1-5H3,(H2,19,20,22);1H. The highest BCUT2D eigenvalue weighted by Gasteiger charge is 2.32. The first-order valence-electron chi connectivity index (χ1n) is 9.19. The molecule has 1 aliphatic rings. The highest BCUT2D eigenvalue weighted by atomic mass is 127. The lowest BCUT2D eigenvalue weighted by Gasteiger charge is -2.36. The van der Waals surface area contributed by atoms with Crippen LogP contribution in [-0.4, -0.2) is 63.0 Å². The Balaban J connectivity index is 0.00000392. The van der Waals surface area contributed by atoms with E-state index >= 15 is 0 Å². The molecule has 0 saturated carbocycles. The number of hydrogen-bond acceptors (Lipinski definition) is 7. The van der Waals surface area contributed by atoms with E-state index in [9.17, 15) is 4.79 Å². The lowest BCUT2D eigenvalue weighted by molar-refractivity contribution is -0.0855. The molecular weight excluding hydrogens is 495 g/mol. The molecule has 1 unspecified atom stereocenters. The van der Waals surface area contributed by atoms with E-state index in [0.29, 0.717) is 42.9 Å². The monoisotopic (exact) mass is 526 g/mol. The molecule has 1 fully saturated rings. The third-order valence-corrected chi connectivity index (χ3v) is 5.96. The molecule has 1 saturated heterocycles. The van der Waals surface area contributed by atoms with E-state index in [0.717, 1.165) is 17.8 Å². The Kier molecular flexibility index (Phi) is 10.6. The van der Waals surface area contributed by atoms with E-state index in [1.54, 1.807) is 21.1 Å². The Hall–Kier alpha value is -0.980. The zero-order valence-electron chi connectivity index (χ0n) is 17.2.